The van der Waals surface area contributed by atoms with Crippen molar-refractivity contribution in [3.05, 3.63) is 181 Å². The normalized spacial score (nSPS) is 12.5. The van der Waals surface area contributed by atoms with Gasteiger partial charge in [0.05, 0.1) is 32.8 Å². The van der Waals surface area contributed by atoms with Crippen molar-refractivity contribution in [3.8, 4) is 21.7 Å². The summed E-state index contributed by atoms with van der Waals surface area (Å²) in [6, 6.07) is 48.4. The molecule has 0 spiro atoms. The number of pyridine rings is 1. The second-order valence-corrected chi connectivity index (χ2v) is 12.3. The predicted octanol–water partition coefficient (Wildman–Crippen LogP) is 11.7. The molecule has 0 atom stereocenters. The highest BCUT2D eigenvalue weighted by Crippen LogP contribution is 2.32. The van der Waals surface area contributed by atoms with E-state index < -0.39 is 0 Å². The highest BCUT2D eigenvalue weighted by atomic mass is 32.1. The van der Waals surface area contributed by atoms with E-state index in [0.717, 1.165) is 72.8 Å². The summed E-state index contributed by atoms with van der Waals surface area (Å²) in [5.74, 6) is 0. The van der Waals surface area contributed by atoms with Gasteiger partial charge in [-0.15, -0.1) is 17.9 Å². The predicted molar refractivity (Wildman–Crippen MR) is 202 cm³/mol. The van der Waals surface area contributed by atoms with Gasteiger partial charge in [0.25, 0.3) is 0 Å². The van der Waals surface area contributed by atoms with Gasteiger partial charge in [-0.05, 0) is 65.9 Å². The largest absolute Gasteiger partial charge is 0.251 e. The molecule has 47 heavy (non-hydrogen) atoms. The van der Waals surface area contributed by atoms with Crippen molar-refractivity contribution >= 4 is 49.4 Å². The maximum absolute atomic E-state index is 5.15. The lowest BCUT2D eigenvalue weighted by atomic mass is 9.97. The van der Waals surface area contributed by atoms with E-state index in [1.54, 1.807) is 11.3 Å². The number of allylic oxidation sites excluding steroid dienone is 4. The standard InChI is InChI=1S/C43H33N3S/c1-3-4-12-37(29-41(34-13-6-5-7-14-34)44-30(2)38-28-27-35-15-8-9-16-39(35)45-38)33-21-19-31(20-22-33)32-23-25-36(26-24-32)43-46-40-17-10-11-18-42(40)47-43/h3,5-29H,1,4H2,2H3/b37-12-,41-29-,44-30+. The van der Waals surface area contributed by atoms with Crippen LogP contribution in [0.4, 0.5) is 0 Å². The molecule has 0 aliphatic heterocycles. The second kappa shape index (κ2) is 13.7. The van der Waals surface area contributed by atoms with Crippen molar-refractivity contribution in [2.24, 2.45) is 4.99 Å². The third kappa shape index (κ3) is 6.79. The molecule has 3 nitrogen and oxygen atoms in total. The van der Waals surface area contributed by atoms with Crippen LogP contribution in [-0.4, -0.2) is 15.7 Å². The van der Waals surface area contributed by atoms with Crippen molar-refractivity contribution < 1.29 is 0 Å². The van der Waals surface area contributed by atoms with E-state index in [0.29, 0.717) is 0 Å². The van der Waals surface area contributed by atoms with Crippen LogP contribution in [0.3, 0.4) is 0 Å². The molecule has 2 aromatic heterocycles. The molecule has 0 unspecified atom stereocenters. The Kier molecular flexibility index (Phi) is 8.76. The number of benzene rings is 5. The molecule has 0 N–H and O–H groups in total. The van der Waals surface area contributed by atoms with Crippen LogP contribution in [-0.2, 0) is 0 Å². The van der Waals surface area contributed by atoms with Crippen molar-refractivity contribution in [2.75, 3.05) is 0 Å². The van der Waals surface area contributed by atoms with Crippen LogP contribution in [0, 0.1) is 0 Å². The highest BCUT2D eigenvalue weighted by Gasteiger charge is 2.10. The molecule has 5 aromatic carbocycles. The Hall–Kier alpha value is -5.71. The lowest BCUT2D eigenvalue weighted by Crippen LogP contribution is -2.00. The van der Waals surface area contributed by atoms with Gasteiger partial charge in [-0.3, -0.25) is 4.99 Å². The summed E-state index contributed by atoms with van der Waals surface area (Å²) in [5, 5.41) is 2.16. The molecule has 0 fully saturated rings. The second-order valence-electron chi connectivity index (χ2n) is 11.3. The number of para-hydroxylation sites is 2. The number of fused-ring (bicyclic) bond motifs is 2. The fourth-order valence-electron chi connectivity index (χ4n) is 5.57. The molecule has 0 bridgehead atoms. The van der Waals surface area contributed by atoms with Crippen molar-refractivity contribution in [3.63, 3.8) is 0 Å². The van der Waals surface area contributed by atoms with Gasteiger partial charge in [0, 0.05) is 16.5 Å². The summed E-state index contributed by atoms with van der Waals surface area (Å²) >= 11 is 1.73. The van der Waals surface area contributed by atoms with Gasteiger partial charge >= 0.3 is 0 Å². The molecule has 0 aliphatic rings. The van der Waals surface area contributed by atoms with E-state index in [-0.39, 0.29) is 0 Å². The van der Waals surface area contributed by atoms with Crippen LogP contribution < -0.4 is 0 Å². The third-order valence-electron chi connectivity index (χ3n) is 8.10. The molecule has 7 rings (SSSR count). The highest BCUT2D eigenvalue weighted by molar-refractivity contribution is 7.21. The maximum Gasteiger partial charge on any atom is 0.124 e. The quantitative estimate of drug-likeness (QED) is 0.0911. The van der Waals surface area contributed by atoms with Gasteiger partial charge in [0.15, 0.2) is 0 Å². The zero-order chi connectivity index (χ0) is 32.0. The Morgan fingerprint density at radius 2 is 1.32 bits per heavy atom. The fraction of sp³-hybridized carbons (Fsp3) is 0.0465. The van der Waals surface area contributed by atoms with Crippen molar-refractivity contribution in [2.45, 2.75) is 13.3 Å². The summed E-state index contributed by atoms with van der Waals surface area (Å²) in [7, 11) is 0. The minimum absolute atomic E-state index is 0.748. The Balaban J connectivity index is 1.20. The summed E-state index contributed by atoms with van der Waals surface area (Å²) in [6.07, 6.45) is 7.05. The van der Waals surface area contributed by atoms with Crippen LogP contribution in [0.1, 0.15) is 30.2 Å². The average molecular weight is 624 g/mol. The van der Waals surface area contributed by atoms with Crippen LogP contribution in [0.2, 0.25) is 0 Å². The molecular formula is C43H33N3S. The zero-order valence-corrected chi connectivity index (χ0v) is 27.0. The third-order valence-corrected chi connectivity index (χ3v) is 9.19. The number of hydrogen-bond donors (Lipinski definition) is 0. The Bertz CT molecular complexity index is 2240. The Morgan fingerprint density at radius 3 is 2.06 bits per heavy atom. The minimum Gasteiger partial charge on any atom is -0.251 e. The van der Waals surface area contributed by atoms with Gasteiger partial charge in [-0.2, -0.15) is 0 Å². The number of hydrogen-bond acceptors (Lipinski definition) is 4. The van der Waals surface area contributed by atoms with Crippen molar-refractivity contribution in [1.29, 1.82) is 0 Å². The Labute approximate surface area is 279 Å². The van der Waals surface area contributed by atoms with Gasteiger partial charge in [0.1, 0.15) is 5.01 Å². The van der Waals surface area contributed by atoms with Crippen LogP contribution in [0.15, 0.2) is 169 Å². The maximum atomic E-state index is 5.15. The molecule has 7 aromatic rings. The average Bonchev–Trinajstić information content (AvgIpc) is 3.58. The first-order valence-electron chi connectivity index (χ1n) is 15.7. The number of aromatic nitrogens is 2. The Morgan fingerprint density at radius 1 is 0.660 bits per heavy atom. The van der Waals surface area contributed by atoms with Crippen LogP contribution >= 0.6 is 11.3 Å². The molecule has 0 saturated carbocycles. The summed E-state index contributed by atoms with van der Waals surface area (Å²) in [4.78, 5) is 14.9. The number of thiazole rings is 1. The minimum atomic E-state index is 0.748. The lowest BCUT2D eigenvalue weighted by Gasteiger charge is -2.10. The number of rotatable bonds is 9. The van der Waals surface area contributed by atoms with E-state index in [4.69, 9.17) is 15.0 Å². The van der Waals surface area contributed by atoms with E-state index in [2.05, 4.69) is 110 Å². The van der Waals surface area contributed by atoms with Crippen LogP contribution in [0.25, 0.3) is 54.1 Å². The van der Waals surface area contributed by atoms with Gasteiger partial charge < -0.3 is 0 Å². The monoisotopic (exact) mass is 623 g/mol. The smallest absolute Gasteiger partial charge is 0.124 e. The van der Waals surface area contributed by atoms with E-state index >= 15 is 0 Å². The van der Waals surface area contributed by atoms with Gasteiger partial charge in [-0.25, -0.2) is 9.97 Å². The van der Waals surface area contributed by atoms with Gasteiger partial charge in [0.2, 0.25) is 0 Å². The lowest BCUT2D eigenvalue weighted by molar-refractivity contribution is 1.34. The van der Waals surface area contributed by atoms with E-state index in [9.17, 15) is 0 Å². The first-order valence-corrected chi connectivity index (χ1v) is 16.5. The number of aliphatic imine (C=N–C) groups is 1. The number of nitrogens with zero attached hydrogens (tertiary/aromatic N) is 3. The molecule has 0 aliphatic carbocycles. The molecule has 0 amide bonds. The van der Waals surface area contributed by atoms with Gasteiger partial charge in [-0.1, -0.05) is 127 Å². The van der Waals surface area contributed by atoms with Crippen molar-refractivity contribution in [1.82, 2.24) is 9.97 Å². The summed E-state index contributed by atoms with van der Waals surface area (Å²) in [6.45, 7) is 5.99. The topological polar surface area (TPSA) is 38.1 Å². The van der Waals surface area contributed by atoms with E-state index in [1.165, 1.54) is 10.3 Å². The molecule has 2 heterocycles. The summed E-state index contributed by atoms with van der Waals surface area (Å²) in [5.41, 5.74) is 11.3. The molecule has 0 radical (unpaired) electrons. The zero-order valence-electron chi connectivity index (χ0n) is 26.2. The fourth-order valence-corrected chi connectivity index (χ4v) is 6.54. The first kappa shape index (κ1) is 30.0. The molecule has 0 saturated heterocycles. The van der Waals surface area contributed by atoms with Crippen LogP contribution in [0.5, 0.6) is 0 Å². The first-order chi connectivity index (χ1) is 23.1. The molecule has 4 heteroatoms. The molecular weight excluding hydrogens is 591 g/mol. The van der Waals surface area contributed by atoms with E-state index in [1.807, 2.05) is 61.5 Å². The summed E-state index contributed by atoms with van der Waals surface area (Å²) < 4.78 is 1.21. The SMILES string of the molecule is C=CC/C=C(/C=C(\N=C(/C)c1ccc2ccccc2n1)c1ccccc1)c1ccc(-c2ccc(-c3nc4ccccc4s3)cc2)cc1. The molecule has 226 valence electrons.